The summed E-state index contributed by atoms with van der Waals surface area (Å²) in [4.78, 5) is 10.3. The molecule has 0 aromatic heterocycles. The van der Waals surface area contributed by atoms with Crippen LogP contribution in [0, 0.1) is 0 Å². The van der Waals surface area contributed by atoms with Gasteiger partial charge in [0.25, 0.3) is 0 Å². The van der Waals surface area contributed by atoms with E-state index in [9.17, 15) is 4.79 Å². The minimum Gasteiger partial charge on any atom is -0.479 e. The summed E-state index contributed by atoms with van der Waals surface area (Å²) in [6.07, 6.45) is 1.30. The number of rotatable bonds is 2. The molecule has 2 N–H and O–H groups in total. The molecule has 0 fully saturated rings. The van der Waals surface area contributed by atoms with Crippen molar-refractivity contribution in [2.45, 2.75) is 26.4 Å². The molecule has 0 bridgehead atoms. The van der Waals surface area contributed by atoms with E-state index in [2.05, 4.69) is 0 Å². The monoisotopic (exact) mass is 144 g/mol. The van der Waals surface area contributed by atoms with Crippen molar-refractivity contribution in [2.24, 2.45) is 0 Å². The number of carbonyl (C=O) groups is 1. The second-order valence-electron chi connectivity index (χ2n) is 2.67. The first kappa shape index (κ1) is 9.17. The van der Waals surface area contributed by atoms with Gasteiger partial charge in [-0.25, -0.2) is 4.79 Å². The van der Waals surface area contributed by atoms with Crippen LogP contribution in [-0.2, 0) is 4.79 Å². The van der Waals surface area contributed by atoms with E-state index in [1.54, 1.807) is 13.8 Å². The fraction of sp³-hybridized carbons (Fsp3) is 0.571. The minimum atomic E-state index is -1.72. The Bertz CT molecular complexity index is 164. The van der Waals surface area contributed by atoms with Gasteiger partial charge in [-0.3, -0.25) is 0 Å². The van der Waals surface area contributed by atoms with Crippen LogP contribution in [0.5, 0.6) is 0 Å². The van der Waals surface area contributed by atoms with Gasteiger partial charge in [0.2, 0.25) is 0 Å². The van der Waals surface area contributed by atoms with Crippen molar-refractivity contribution < 1.29 is 15.0 Å². The molecule has 3 nitrogen and oxygen atoms in total. The fourth-order valence-electron chi connectivity index (χ4n) is 0.624. The van der Waals surface area contributed by atoms with Gasteiger partial charge in [0.05, 0.1) is 0 Å². The average Bonchev–Trinajstić information content (AvgIpc) is 1.60. The first-order chi connectivity index (χ1) is 4.36. The Balaban J connectivity index is 4.42. The van der Waals surface area contributed by atoms with Crippen molar-refractivity contribution in [3.63, 3.8) is 0 Å². The van der Waals surface area contributed by atoms with Gasteiger partial charge in [0, 0.05) is 0 Å². The molecule has 1 atom stereocenters. The molecule has 0 saturated carbocycles. The Morgan fingerprint density at radius 3 is 2.00 bits per heavy atom. The van der Waals surface area contributed by atoms with Gasteiger partial charge in [-0.1, -0.05) is 5.57 Å². The maximum absolute atomic E-state index is 10.3. The Kier molecular flexibility index (Phi) is 2.60. The van der Waals surface area contributed by atoms with Crippen LogP contribution in [0.25, 0.3) is 0 Å². The highest BCUT2D eigenvalue weighted by molar-refractivity contribution is 5.79. The lowest BCUT2D eigenvalue weighted by atomic mass is 10.1. The van der Waals surface area contributed by atoms with Crippen molar-refractivity contribution >= 4 is 5.97 Å². The standard InChI is InChI=1S/C7H12O3/c1-5(2)4-7(3,10)6(8)9/h4,10H,1-3H3,(H,8,9). The molecule has 0 aromatic carbocycles. The number of hydrogen-bond acceptors (Lipinski definition) is 2. The SMILES string of the molecule is CC(C)=CC(C)(O)C(=O)O. The first-order valence-electron chi connectivity index (χ1n) is 2.98. The summed E-state index contributed by atoms with van der Waals surface area (Å²) < 4.78 is 0. The predicted octanol–water partition coefficient (Wildman–Crippen LogP) is 0.788. The van der Waals surface area contributed by atoms with Crippen LogP contribution in [0.3, 0.4) is 0 Å². The Hall–Kier alpha value is -0.830. The third-order valence-electron chi connectivity index (χ3n) is 1.00. The average molecular weight is 144 g/mol. The van der Waals surface area contributed by atoms with Crippen LogP contribution in [0.4, 0.5) is 0 Å². The van der Waals surface area contributed by atoms with Gasteiger partial charge in [0.1, 0.15) is 0 Å². The summed E-state index contributed by atoms with van der Waals surface area (Å²) in [5.41, 5.74) is -0.939. The first-order valence-corrected chi connectivity index (χ1v) is 2.98. The number of aliphatic carboxylic acids is 1. The fourth-order valence-corrected chi connectivity index (χ4v) is 0.624. The van der Waals surface area contributed by atoms with Gasteiger partial charge in [-0.15, -0.1) is 0 Å². The lowest BCUT2D eigenvalue weighted by molar-refractivity contribution is -0.151. The quantitative estimate of drug-likeness (QED) is 0.563. The van der Waals surface area contributed by atoms with E-state index in [1.807, 2.05) is 0 Å². The number of carboxylic acid groups (broad SMARTS) is 1. The molecule has 0 aliphatic heterocycles. The van der Waals surface area contributed by atoms with Crippen molar-refractivity contribution in [3.05, 3.63) is 11.6 Å². The molecular weight excluding hydrogens is 132 g/mol. The second-order valence-corrected chi connectivity index (χ2v) is 2.67. The summed E-state index contributed by atoms with van der Waals surface area (Å²) in [6.45, 7) is 4.71. The van der Waals surface area contributed by atoms with Gasteiger partial charge in [-0.05, 0) is 26.8 Å². The van der Waals surface area contributed by atoms with E-state index in [0.29, 0.717) is 0 Å². The highest BCUT2D eigenvalue weighted by atomic mass is 16.4. The zero-order valence-electron chi connectivity index (χ0n) is 6.38. The van der Waals surface area contributed by atoms with Crippen LogP contribution in [0.15, 0.2) is 11.6 Å². The van der Waals surface area contributed by atoms with Crippen molar-refractivity contribution in [1.29, 1.82) is 0 Å². The predicted molar refractivity (Wildman–Crippen MR) is 37.7 cm³/mol. The third-order valence-corrected chi connectivity index (χ3v) is 1.00. The van der Waals surface area contributed by atoms with Crippen molar-refractivity contribution in [2.75, 3.05) is 0 Å². The normalized spacial score (nSPS) is 15.6. The number of hydrogen-bond donors (Lipinski definition) is 2. The molecule has 0 saturated heterocycles. The Morgan fingerprint density at radius 1 is 1.50 bits per heavy atom. The number of allylic oxidation sites excluding steroid dienone is 1. The Morgan fingerprint density at radius 2 is 1.90 bits per heavy atom. The van der Waals surface area contributed by atoms with Crippen LogP contribution in [0.1, 0.15) is 20.8 Å². The topological polar surface area (TPSA) is 57.5 Å². The molecule has 0 aliphatic rings. The van der Waals surface area contributed by atoms with E-state index in [4.69, 9.17) is 10.2 Å². The van der Waals surface area contributed by atoms with E-state index >= 15 is 0 Å². The van der Waals surface area contributed by atoms with Crippen LogP contribution >= 0.6 is 0 Å². The van der Waals surface area contributed by atoms with E-state index < -0.39 is 11.6 Å². The summed E-state index contributed by atoms with van der Waals surface area (Å²) >= 11 is 0. The largest absolute Gasteiger partial charge is 0.479 e. The molecule has 58 valence electrons. The summed E-state index contributed by atoms with van der Waals surface area (Å²) in [7, 11) is 0. The molecule has 0 spiro atoms. The highest BCUT2D eigenvalue weighted by Crippen LogP contribution is 2.07. The summed E-state index contributed by atoms with van der Waals surface area (Å²) in [5.74, 6) is -1.23. The van der Waals surface area contributed by atoms with Crippen LogP contribution in [0.2, 0.25) is 0 Å². The Labute approximate surface area is 60.0 Å². The van der Waals surface area contributed by atoms with Crippen LogP contribution in [-0.4, -0.2) is 21.8 Å². The maximum atomic E-state index is 10.3. The van der Waals surface area contributed by atoms with Crippen molar-refractivity contribution in [1.82, 2.24) is 0 Å². The zero-order chi connectivity index (χ0) is 8.36. The molecule has 0 heterocycles. The molecule has 10 heavy (non-hydrogen) atoms. The zero-order valence-corrected chi connectivity index (χ0v) is 6.38. The lowest BCUT2D eigenvalue weighted by Gasteiger charge is -2.12. The van der Waals surface area contributed by atoms with Crippen LogP contribution < -0.4 is 0 Å². The van der Waals surface area contributed by atoms with Crippen molar-refractivity contribution in [3.8, 4) is 0 Å². The molecule has 0 radical (unpaired) electrons. The molecule has 0 aliphatic carbocycles. The second kappa shape index (κ2) is 2.84. The molecule has 0 aromatic rings. The smallest absolute Gasteiger partial charge is 0.339 e. The van der Waals surface area contributed by atoms with E-state index in [0.717, 1.165) is 5.57 Å². The highest BCUT2D eigenvalue weighted by Gasteiger charge is 2.26. The van der Waals surface area contributed by atoms with Gasteiger partial charge < -0.3 is 10.2 Å². The lowest BCUT2D eigenvalue weighted by Crippen LogP contribution is -2.32. The van der Waals surface area contributed by atoms with Gasteiger partial charge in [-0.2, -0.15) is 0 Å². The maximum Gasteiger partial charge on any atom is 0.339 e. The summed E-state index contributed by atoms with van der Waals surface area (Å²) in [6, 6.07) is 0. The minimum absolute atomic E-state index is 0.785. The molecular formula is C7H12O3. The molecule has 0 rings (SSSR count). The van der Waals surface area contributed by atoms with Gasteiger partial charge >= 0.3 is 5.97 Å². The van der Waals surface area contributed by atoms with E-state index in [1.165, 1.54) is 13.0 Å². The number of carboxylic acids is 1. The summed E-state index contributed by atoms with van der Waals surface area (Å²) in [5, 5.41) is 17.5. The number of aliphatic hydroxyl groups is 1. The molecule has 3 heteroatoms. The molecule has 1 unspecified atom stereocenters. The third kappa shape index (κ3) is 2.64. The van der Waals surface area contributed by atoms with Gasteiger partial charge in [0.15, 0.2) is 5.60 Å². The van der Waals surface area contributed by atoms with E-state index in [-0.39, 0.29) is 0 Å². The molecule has 0 amide bonds.